The number of benzene rings is 1. The van der Waals surface area contributed by atoms with Crippen molar-refractivity contribution in [1.82, 2.24) is 9.80 Å². The number of hydrogen-bond donors (Lipinski definition) is 0. The molecule has 0 N–H and O–H groups in total. The minimum absolute atomic E-state index is 0.0913. The van der Waals surface area contributed by atoms with E-state index in [2.05, 4.69) is 19.0 Å². The molecule has 0 aliphatic carbocycles. The van der Waals surface area contributed by atoms with Crippen LogP contribution in [-0.4, -0.2) is 69.3 Å². The Morgan fingerprint density at radius 1 is 1.36 bits per heavy atom. The molecule has 1 spiro atoms. The van der Waals surface area contributed by atoms with Crippen LogP contribution in [0.4, 0.5) is 0 Å². The van der Waals surface area contributed by atoms with Gasteiger partial charge in [0.1, 0.15) is 5.75 Å². The summed E-state index contributed by atoms with van der Waals surface area (Å²) in [5.74, 6) is 1.36. The summed E-state index contributed by atoms with van der Waals surface area (Å²) >= 11 is 0. The zero-order valence-corrected chi connectivity index (χ0v) is 15.7. The smallest absolute Gasteiger partial charge is 0.260 e. The zero-order chi connectivity index (χ0) is 17.9. The zero-order valence-electron chi connectivity index (χ0n) is 15.7. The normalized spacial score (nSPS) is 22.6. The predicted molar refractivity (Wildman–Crippen MR) is 97.8 cm³/mol. The number of rotatable bonds is 5. The third-order valence-corrected chi connectivity index (χ3v) is 5.59. The lowest BCUT2D eigenvalue weighted by Gasteiger charge is -2.38. The van der Waals surface area contributed by atoms with Crippen molar-refractivity contribution in [2.24, 2.45) is 11.3 Å². The Balaban J connectivity index is 1.62. The maximum atomic E-state index is 12.7. The maximum absolute atomic E-state index is 12.7. The van der Waals surface area contributed by atoms with Crippen LogP contribution in [0.5, 0.6) is 5.75 Å². The van der Waals surface area contributed by atoms with Crippen LogP contribution in [0.15, 0.2) is 24.3 Å². The van der Waals surface area contributed by atoms with Gasteiger partial charge in [-0.05, 0) is 62.9 Å². The van der Waals surface area contributed by atoms with Gasteiger partial charge in [-0.3, -0.25) is 4.79 Å². The molecule has 1 atom stereocenters. The van der Waals surface area contributed by atoms with Crippen LogP contribution in [-0.2, 0) is 9.53 Å². The van der Waals surface area contributed by atoms with Crippen molar-refractivity contribution in [1.29, 1.82) is 0 Å². The highest BCUT2D eigenvalue weighted by atomic mass is 16.5. The van der Waals surface area contributed by atoms with Gasteiger partial charge >= 0.3 is 0 Å². The van der Waals surface area contributed by atoms with Crippen molar-refractivity contribution in [2.75, 3.05) is 53.6 Å². The van der Waals surface area contributed by atoms with Crippen molar-refractivity contribution in [3.63, 3.8) is 0 Å². The molecule has 2 aliphatic rings. The molecule has 0 aromatic heterocycles. The summed E-state index contributed by atoms with van der Waals surface area (Å²) in [6.07, 6.45) is 2.10. The fourth-order valence-corrected chi connectivity index (χ4v) is 4.20. The van der Waals surface area contributed by atoms with Crippen molar-refractivity contribution >= 4 is 5.91 Å². The summed E-state index contributed by atoms with van der Waals surface area (Å²) in [6, 6.07) is 7.84. The minimum atomic E-state index is 0.0913. The Hall–Kier alpha value is -1.59. The monoisotopic (exact) mass is 346 g/mol. The summed E-state index contributed by atoms with van der Waals surface area (Å²) in [5.41, 5.74) is 1.35. The highest BCUT2D eigenvalue weighted by molar-refractivity contribution is 5.78. The molecule has 0 saturated carbocycles. The van der Waals surface area contributed by atoms with E-state index in [0.29, 0.717) is 5.92 Å². The Morgan fingerprint density at radius 2 is 2.12 bits per heavy atom. The molecule has 2 aliphatic heterocycles. The molecule has 2 saturated heterocycles. The third-order valence-electron chi connectivity index (χ3n) is 5.59. The first-order valence-electron chi connectivity index (χ1n) is 9.18. The standard InChI is InChI=1S/C20H30N2O3/c1-16-5-4-6-18(11-16)25-14-19(23)22-13-17(12-21(2)3)20(15-22)7-9-24-10-8-20/h4-6,11,17H,7-10,12-15H2,1-3H3/t17-/m1/s1. The second-order valence-corrected chi connectivity index (χ2v) is 7.81. The average Bonchev–Trinajstić information content (AvgIpc) is 2.91. The van der Waals surface area contributed by atoms with Crippen LogP contribution < -0.4 is 4.74 Å². The molecule has 1 amide bonds. The largest absolute Gasteiger partial charge is 0.484 e. The highest BCUT2D eigenvalue weighted by Gasteiger charge is 2.48. The second kappa shape index (κ2) is 7.75. The van der Waals surface area contributed by atoms with E-state index in [-0.39, 0.29) is 17.9 Å². The fourth-order valence-electron chi connectivity index (χ4n) is 4.20. The number of nitrogens with zero attached hydrogens (tertiary/aromatic N) is 2. The summed E-state index contributed by atoms with van der Waals surface area (Å²) in [4.78, 5) is 17.0. The minimum Gasteiger partial charge on any atom is -0.484 e. The number of carbonyl (C=O) groups is 1. The molecule has 5 nitrogen and oxygen atoms in total. The van der Waals surface area contributed by atoms with Gasteiger partial charge < -0.3 is 19.3 Å². The van der Waals surface area contributed by atoms with E-state index in [0.717, 1.165) is 57.0 Å². The predicted octanol–water partition coefficient (Wildman–Crippen LogP) is 2.19. The van der Waals surface area contributed by atoms with Crippen LogP contribution in [0.3, 0.4) is 0 Å². The van der Waals surface area contributed by atoms with Crippen LogP contribution in [0.1, 0.15) is 18.4 Å². The van der Waals surface area contributed by atoms with E-state index < -0.39 is 0 Å². The first-order valence-corrected chi connectivity index (χ1v) is 9.18. The molecule has 2 heterocycles. The molecule has 25 heavy (non-hydrogen) atoms. The highest BCUT2D eigenvalue weighted by Crippen LogP contribution is 2.44. The summed E-state index contributed by atoms with van der Waals surface area (Å²) < 4.78 is 11.3. The van der Waals surface area contributed by atoms with E-state index in [4.69, 9.17) is 9.47 Å². The van der Waals surface area contributed by atoms with Gasteiger partial charge in [0.05, 0.1) is 0 Å². The molecule has 1 aromatic carbocycles. The Labute approximate surface area is 150 Å². The van der Waals surface area contributed by atoms with E-state index >= 15 is 0 Å². The molecule has 5 heteroatoms. The number of hydrogen-bond acceptors (Lipinski definition) is 4. The average molecular weight is 346 g/mol. The topological polar surface area (TPSA) is 42.0 Å². The van der Waals surface area contributed by atoms with E-state index in [1.54, 1.807) is 0 Å². The van der Waals surface area contributed by atoms with Crippen LogP contribution >= 0.6 is 0 Å². The van der Waals surface area contributed by atoms with Crippen molar-refractivity contribution in [3.8, 4) is 5.75 Å². The van der Waals surface area contributed by atoms with Crippen molar-refractivity contribution in [2.45, 2.75) is 19.8 Å². The van der Waals surface area contributed by atoms with E-state index in [1.807, 2.05) is 36.1 Å². The molecule has 0 bridgehead atoms. The van der Waals surface area contributed by atoms with Gasteiger partial charge in [0.25, 0.3) is 5.91 Å². The maximum Gasteiger partial charge on any atom is 0.260 e. The number of amides is 1. The van der Waals surface area contributed by atoms with Gasteiger partial charge in [0, 0.05) is 32.8 Å². The summed E-state index contributed by atoms with van der Waals surface area (Å²) in [5, 5.41) is 0. The lowest BCUT2D eigenvalue weighted by atomic mass is 9.72. The molecule has 3 rings (SSSR count). The Morgan fingerprint density at radius 3 is 2.80 bits per heavy atom. The number of carbonyl (C=O) groups excluding carboxylic acids is 1. The number of aryl methyl sites for hydroxylation is 1. The van der Waals surface area contributed by atoms with Crippen LogP contribution in [0.2, 0.25) is 0 Å². The SMILES string of the molecule is Cc1cccc(OCC(=O)N2C[C@@H](CN(C)C)C3(CCOCC3)C2)c1. The number of ether oxygens (including phenoxy) is 2. The Bertz CT molecular complexity index is 596. The van der Waals surface area contributed by atoms with Crippen molar-refractivity contribution < 1.29 is 14.3 Å². The molecule has 0 unspecified atom stereocenters. The first-order chi connectivity index (χ1) is 12.0. The molecule has 0 radical (unpaired) electrons. The quantitative estimate of drug-likeness (QED) is 0.820. The molecular formula is C20H30N2O3. The van der Waals surface area contributed by atoms with E-state index in [1.165, 1.54) is 0 Å². The Kier molecular flexibility index (Phi) is 5.64. The lowest BCUT2D eigenvalue weighted by Crippen LogP contribution is -2.41. The summed E-state index contributed by atoms with van der Waals surface area (Å²) in [7, 11) is 4.22. The van der Waals surface area contributed by atoms with Crippen LogP contribution in [0, 0.1) is 18.3 Å². The first kappa shape index (κ1) is 18.2. The number of likely N-dealkylation sites (tertiary alicyclic amines) is 1. The van der Waals surface area contributed by atoms with Gasteiger partial charge in [0.15, 0.2) is 6.61 Å². The van der Waals surface area contributed by atoms with Gasteiger partial charge in [0.2, 0.25) is 0 Å². The molecule has 2 fully saturated rings. The third kappa shape index (κ3) is 4.33. The van der Waals surface area contributed by atoms with Gasteiger partial charge in [-0.1, -0.05) is 12.1 Å². The molecule has 138 valence electrons. The summed E-state index contributed by atoms with van der Waals surface area (Å²) in [6.45, 7) is 6.44. The lowest BCUT2D eigenvalue weighted by molar-refractivity contribution is -0.133. The van der Waals surface area contributed by atoms with Crippen molar-refractivity contribution in [3.05, 3.63) is 29.8 Å². The van der Waals surface area contributed by atoms with Crippen LogP contribution in [0.25, 0.3) is 0 Å². The van der Waals surface area contributed by atoms with Gasteiger partial charge in [-0.15, -0.1) is 0 Å². The fraction of sp³-hybridized carbons (Fsp3) is 0.650. The van der Waals surface area contributed by atoms with E-state index in [9.17, 15) is 4.79 Å². The molecule has 1 aromatic rings. The van der Waals surface area contributed by atoms with Gasteiger partial charge in [-0.25, -0.2) is 0 Å². The van der Waals surface area contributed by atoms with Gasteiger partial charge in [-0.2, -0.15) is 0 Å². The molecular weight excluding hydrogens is 316 g/mol. The second-order valence-electron chi connectivity index (χ2n) is 7.81.